The fourth-order valence-corrected chi connectivity index (χ4v) is 1.51. The van der Waals surface area contributed by atoms with Gasteiger partial charge in [0.15, 0.2) is 0 Å². The highest BCUT2D eigenvalue weighted by molar-refractivity contribution is 5.83. The van der Waals surface area contributed by atoms with E-state index in [1.165, 1.54) is 0 Å². The molecule has 7 nitrogen and oxygen atoms in total. The van der Waals surface area contributed by atoms with Crippen molar-refractivity contribution in [1.82, 2.24) is 15.3 Å². The number of para-hydroxylation sites is 1. The van der Waals surface area contributed by atoms with Crippen LogP contribution < -0.4 is 4.84 Å². The van der Waals surface area contributed by atoms with Gasteiger partial charge in [0.1, 0.15) is 0 Å². The van der Waals surface area contributed by atoms with E-state index in [9.17, 15) is 4.79 Å². The lowest BCUT2D eigenvalue weighted by molar-refractivity contribution is -0.0411. The van der Waals surface area contributed by atoms with Crippen LogP contribution in [-0.2, 0) is 0 Å². The normalized spacial score (nSPS) is 10.5. The van der Waals surface area contributed by atoms with Gasteiger partial charge in [0.25, 0.3) is 5.88 Å². The zero-order valence-electron chi connectivity index (χ0n) is 9.54. The first-order valence-electron chi connectivity index (χ1n) is 5.45. The standard InChI is InChI=1S/C11H13N3O4/c15-7-3-6-14(11(16)17)18-10-8-4-1-2-5-9(8)12-13-10/h1-2,4-5,15H,3,6-7H2,(H,12,13)(H,16,17). The summed E-state index contributed by atoms with van der Waals surface area (Å²) in [4.78, 5) is 16.2. The first-order valence-corrected chi connectivity index (χ1v) is 5.45. The molecule has 2 rings (SSSR count). The quantitative estimate of drug-likeness (QED) is 0.694. The van der Waals surface area contributed by atoms with Crippen molar-refractivity contribution in [2.75, 3.05) is 13.2 Å². The van der Waals surface area contributed by atoms with Crippen LogP contribution in [0.5, 0.6) is 5.88 Å². The van der Waals surface area contributed by atoms with Crippen LogP contribution in [0.4, 0.5) is 4.79 Å². The second-order valence-electron chi connectivity index (χ2n) is 3.63. The molecule has 0 aliphatic heterocycles. The van der Waals surface area contributed by atoms with Crippen molar-refractivity contribution in [3.8, 4) is 5.88 Å². The van der Waals surface area contributed by atoms with Gasteiger partial charge in [0.2, 0.25) is 0 Å². The van der Waals surface area contributed by atoms with Crippen LogP contribution in [0.3, 0.4) is 0 Å². The molecule has 0 bridgehead atoms. The Bertz CT molecular complexity index is 540. The summed E-state index contributed by atoms with van der Waals surface area (Å²) in [6.07, 6.45) is -0.926. The molecule has 0 spiro atoms. The van der Waals surface area contributed by atoms with Crippen molar-refractivity contribution in [2.24, 2.45) is 0 Å². The predicted octanol–water partition coefficient (Wildman–Crippen LogP) is 1.22. The van der Waals surface area contributed by atoms with Crippen molar-refractivity contribution in [1.29, 1.82) is 0 Å². The number of fused-ring (bicyclic) bond motifs is 1. The molecule has 0 saturated heterocycles. The van der Waals surface area contributed by atoms with Crippen molar-refractivity contribution in [3.63, 3.8) is 0 Å². The number of hydrogen-bond acceptors (Lipinski definition) is 4. The average Bonchev–Trinajstić information content (AvgIpc) is 2.77. The van der Waals surface area contributed by atoms with Crippen LogP contribution >= 0.6 is 0 Å². The van der Waals surface area contributed by atoms with Gasteiger partial charge in [-0.05, 0) is 18.6 Å². The minimum atomic E-state index is -1.23. The number of aromatic nitrogens is 2. The largest absolute Gasteiger partial charge is 0.463 e. The fraction of sp³-hybridized carbons (Fsp3) is 0.273. The van der Waals surface area contributed by atoms with Crippen LogP contribution in [0.25, 0.3) is 10.9 Å². The molecule has 18 heavy (non-hydrogen) atoms. The van der Waals surface area contributed by atoms with E-state index in [0.717, 1.165) is 10.6 Å². The molecule has 0 radical (unpaired) electrons. The third kappa shape index (κ3) is 2.51. The van der Waals surface area contributed by atoms with Crippen molar-refractivity contribution >= 4 is 17.0 Å². The number of carboxylic acid groups (broad SMARTS) is 1. The predicted molar refractivity (Wildman–Crippen MR) is 63.2 cm³/mol. The Morgan fingerprint density at radius 2 is 2.22 bits per heavy atom. The molecule has 1 aromatic carbocycles. The maximum absolute atomic E-state index is 10.9. The number of carbonyl (C=O) groups is 1. The number of aliphatic hydroxyl groups excluding tert-OH is 1. The second-order valence-corrected chi connectivity index (χ2v) is 3.63. The van der Waals surface area contributed by atoms with E-state index in [1.807, 2.05) is 18.2 Å². The number of aromatic amines is 1. The van der Waals surface area contributed by atoms with E-state index in [-0.39, 0.29) is 19.0 Å². The average molecular weight is 251 g/mol. The van der Waals surface area contributed by atoms with Crippen LogP contribution in [0, 0.1) is 0 Å². The Morgan fingerprint density at radius 1 is 1.44 bits per heavy atom. The molecule has 1 amide bonds. The summed E-state index contributed by atoms with van der Waals surface area (Å²) in [5, 5.41) is 25.8. The Labute approximate surface area is 103 Å². The molecule has 1 heterocycles. The summed E-state index contributed by atoms with van der Waals surface area (Å²) in [5.74, 6) is 0.200. The minimum Gasteiger partial charge on any atom is -0.463 e. The number of hydroxylamine groups is 2. The van der Waals surface area contributed by atoms with Gasteiger partial charge in [-0.15, -0.1) is 10.2 Å². The lowest BCUT2D eigenvalue weighted by Crippen LogP contribution is -2.34. The molecule has 0 fully saturated rings. The molecule has 0 aliphatic carbocycles. The van der Waals surface area contributed by atoms with Crippen LogP contribution in [0.2, 0.25) is 0 Å². The first kappa shape index (κ1) is 12.2. The Kier molecular flexibility index (Phi) is 3.63. The Morgan fingerprint density at radius 3 is 2.94 bits per heavy atom. The maximum atomic E-state index is 10.9. The molecule has 7 heteroatoms. The Balaban J connectivity index is 2.18. The topological polar surface area (TPSA) is 98.7 Å². The minimum absolute atomic E-state index is 0.0764. The lowest BCUT2D eigenvalue weighted by atomic mass is 10.2. The van der Waals surface area contributed by atoms with Crippen molar-refractivity contribution in [3.05, 3.63) is 24.3 Å². The second kappa shape index (κ2) is 5.37. The zero-order chi connectivity index (χ0) is 13.0. The number of rotatable bonds is 5. The summed E-state index contributed by atoms with van der Waals surface area (Å²) in [5.41, 5.74) is 0.764. The van der Waals surface area contributed by atoms with E-state index in [1.54, 1.807) is 6.07 Å². The van der Waals surface area contributed by atoms with E-state index in [0.29, 0.717) is 11.8 Å². The van der Waals surface area contributed by atoms with Crippen LogP contribution in [-0.4, -0.2) is 44.7 Å². The number of amides is 1. The summed E-state index contributed by atoms with van der Waals surface area (Å²) in [6, 6.07) is 7.24. The molecule has 1 aromatic heterocycles. The highest BCUT2D eigenvalue weighted by Gasteiger charge is 2.16. The number of nitrogens with zero attached hydrogens (tertiary/aromatic N) is 2. The van der Waals surface area contributed by atoms with E-state index in [2.05, 4.69) is 10.2 Å². The van der Waals surface area contributed by atoms with Gasteiger partial charge in [-0.1, -0.05) is 12.1 Å². The fourth-order valence-electron chi connectivity index (χ4n) is 1.51. The number of nitrogens with one attached hydrogen (secondary N) is 1. The van der Waals surface area contributed by atoms with Gasteiger partial charge >= 0.3 is 6.09 Å². The molecule has 0 aliphatic rings. The monoisotopic (exact) mass is 251 g/mol. The first-order chi connectivity index (χ1) is 8.72. The van der Waals surface area contributed by atoms with Gasteiger partial charge in [0.05, 0.1) is 17.4 Å². The number of hydrogen-bond donors (Lipinski definition) is 3. The molecular weight excluding hydrogens is 238 g/mol. The number of H-pyrrole nitrogens is 1. The highest BCUT2D eigenvalue weighted by atomic mass is 16.7. The third-order valence-corrected chi connectivity index (χ3v) is 2.36. The molecule has 0 unspecified atom stereocenters. The lowest BCUT2D eigenvalue weighted by Gasteiger charge is -2.16. The van der Waals surface area contributed by atoms with Crippen molar-refractivity contribution in [2.45, 2.75) is 6.42 Å². The highest BCUT2D eigenvalue weighted by Crippen LogP contribution is 2.22. The van der Waals surface area contributed by atoms with E-state index < -0.39 is 6.09 Å². The smallest absolute Gasteiger partial charge is 0.440 e. The SMILES string of the molecule is O=C(O)N(CCCO)Oc1n[nH]c2ccccc12. The van der Waals surface area contributed by atoms with Crippen LogP contribution in [0.15, 0.2) is 24.3 Å². The molecule has 3 N–H and O–H groups in total. The summed E-state index contributed by atoms with van der Waals surface area (Å²) < 4.78 is 0. The van der Waals surface area contributed by atoms with Gasteiger partial charge in [-0.3, -0.25) is 5.10 Å². The van der Waals surface area contributed by atoms with E-state index >= 15 is 0 Å². The van der Waals surface area contributed by atoms with Gasteiger partial charge in [-0.25, -0.2) is 4.79 Å². The molecule has 0 atom stereocenters. The van der Waals surface area contributed by atoms with Crippen molar-refractivity contribution < 1.29 is 19.8 Å². The molecule has 2 aromatic rings. The summed E-state index contributed by atoms with van der Waals surface area (Å²) in [6.45, 7) is -0.0263. The number of benzene rings is 1. The summed E-state index contributed by atoms with van der Waals surface area (Å²) in [7, 11) is 0. The van der Waals surface area contributed by atoms with Gasteiger partial charge in [-0.2, -0.15) is 0 Å². The Hall–Kier alpha value is -2.28. The summed E-state index contributed by atoms with van der Waals surface area (Å²) >= 11 is 0. The zero-order valence-corrected chi connectivity index (χ0v) is 9.54. The van der Waals surface area contributed by atoms with Gasteiger partial charge in [0, 0.05) is 6.61 Å². The maximum Gasteiger partial charge on any atom is 0.440 e. The molecular formula is C11H13N3O4. The van der Waals surface area contributed by atoms with Crippen LogP contribution in [0.1, 0.15) is 6.42 Å². The third-order valence-electron chi connectivity index (χ3n) is 2.36. The number of aliphatic hydroxyl groups is 1. The molecule has 96 valence electrons. The van der Waals surface area contributed by atoms with E-state index in [4.69, 9.17) is 15.1 Å². The molecule has 0 saturated carbocycles. The van der Waals surface area contributed by atoms with Gasteiger partial charge < -0.3 is 15.1 Å².